The molecule has 0 aromatic carbocycles. The molecule has 0 bridgehead atoms. The predicted molar refractivity (Wildman–Crippen MR) is 38.4 cm³/mol. The van der Waals surface area contributed by atoms with E-state index in [1.54, 1.807) is 0 Å². The Balaban J connectivity index is 5.21. The number of carbonyl (C=O) groups is 2. The Labute approximate surface area is 72.7 Å². The second kappa shape index (κ2) is 3.28. The number of nitrogens with two attached hydrogens (primary N) is 1. The van der Waals surface area contributed by atoms with Gasteiger partial charge in [-0.1, -0.05) is 0 Å². The molecule has 1 unspecified atom stereocenters. The van der Waals surface area contributed by atoms with Crippen LogP contribution in [0.1, 0.15) is 6.42 Å². The van der Waals surface area contributed by atoms with Crippen molar-refractivity contribution in [3.8, 4) is 0 Å². The molecular formula is C4H7NO7S. The number of carboxylic acid groups (broad SMARTS) is 2. The van der Waals surface area contributed by atoms with E-state index in [4.69, 9.17) is 20.5 Å². The van der Waals surface area contributed by atoms with Crippen LogP contribution in [0.15, 0.2) is 0 Å². The summed E-state index contributed by atoms with van der Waals surface area (Å²) < 4.78 is 29.2. The van der Waals surface area contributed by atoms with Crippen molar-refractivity contribution in [2.24, 2.45) is 5.73 Å². The van der Waals surface area contributed by atoms with Gasteiger partial charge in [-0.25, -0.2) is 4.79 Å². The topological polar surface area (TPSA) is 155 Å². The number of rotatable bonds is 4. The molecule has 0 aliphatic rings. The van der Waals surface area contributed by atoms with Crippen molar-refractivity contribution in [3.63, 3.8) is 0 Å². The SMILES string of the molecule is NC(CC(=O)O)(C(=O)O)S(=O)(=O)O. The van der Waals surface area contributed by atoms with Gasteiger partial charge in [-0.2, -0.15) is 8.42 Å². The molecule has 0 radical (unpaired) electrons. The zero-order valence-corrected chi connectivity index (χ0v) is 6.98. The monoisotopic (exact) mass is 213 g/mol. The summed E-state index contributed by atoms with van der Waals surface area (Å²) in [6.45, 7) is 0. The van der Waals surface area contributed by atoms with E-state index in [2.05, 4.69) is 0 Å². The Kier molecular flexibility index (Phi) is 2.98. The molecule has 0 saturated heterocycles. The first-order valence-electron chi connectivity index (χ1n) is 2.82. The zero-order chi connectivity index (χ0) is 10.9. The van der Waals surface area contributed by atoms with Crippen LogP contribution in [-0.4, -0.2) is 40.0 Å². The van der Waals surface area contributed by atoms with Gasteiger partial charge in [0.15, 0.2) is 0 Å². The Morgan fingerprint density at radius 1 is 1.31 bits per heavy atom. The van der Waals surface area contributed by atoms with Crippen LogP contribution < -0.4 is 5.73 Å². The van der Waals surface area contributed by atoms with Crippen LogP contribution in [0.5, 0.6) is 0 Å². The van der Waals surface area contributed by atoms with E-state index in [0.29, 0.717) is 0 Å². The Hall–Kier alpha value is -1.19. The maximum atomic E-state index is 10.4. The van der Waals surface area contributed by atoms with Gasteiger partial charge in [-0.15, -0.1) is 0 Å². The smallest absolute Gasteiger partial charge is 0.342 e. The predicted octanol–water partition coefficient (Wildman–Crippen LogP) is -1.91. The zero-order valence-electron chi connectivity index (χ0n) is 6.17. The molecule has 0 rings (SSSR count). The first-order chi connectivity index (χ1) is 5.61. The molecule has 0 saturated carbocycles. The van der Waals surface area contributed by atoms with Gasteiger partial charge in [-0.05, 0) is 0 Å². The van der Waals surface area contributed by atoms with Crippen molar-refractivity contribution >= 4 is 22.1 Å². The van der Waals surface area contributed by atoms with E-state index in [1.807, 2.05) is 0 Å². The van der Waals surface area contributed by atoms with Gasteiger partial charge in [0.1, 0.15) is 0 Å². The Morgan fingerprint density at radius 2 is 1.69 bits per heavy atom. The number of hydrogen-bond acceptors (Lipinski definition) is 5. The second-order valence-electron chi connectivity index (χ2n) is 2.24. The van der Waals surface area contributed by atoms with E-state index in [1.165, 1.54) is 0 Å². The highest BCUT2D eigenvalue weighted by Gasteiger charge is 2.49. The first-order valence-corrected chi connectivity index (χ1v) is 4.26. The van der Waals surface area contributed by atoms with Gasteiger partial charge < -0.3 is 15.9 Å². The molecular weight excluding hydrogens is 206 g/mol. The molecule has 9 heteroatoms. The molecule has 0 fully saturated rings. The van der Waals surface area contributed by atoms with Gasteiger partial charge in [0.25, 0.3) is 15.0 Å². The molecule has 0 aromatic heterocycles. The second-order valence-corrected chi connectivity index (χ2v) is 3.92. The van der Waals surface area contributed by atoms with Crippen LogP contribution in [-0.2, 0) is 19.7 Å². The summed E-state index contributed by atoms with van der Waals surface area (Å²) in [5.41, 5.74) is 4.70. The van der Waals surface area contributed by atoms with Crippen molar-refractivity contribution in [2.75, 3.05) is 0 Å². The molecule has 0 heterocycles. The third-order valence-corrected chi connectivity index (χ3v) is 2.48. The van der Waals surface area contributed by atoms with Crippen LogP contribution >= 0.6 is 0 Å². The molecule has 5 N–H and O–H groups in total. The summed E-state index contributed by atoms with van der Waals surface area (Å²) in [5.74, 6) is -3.88. The van der Waals surface area contributed by atoms with Crippen molar-refractivity contribution in [1.29, 1.82) is 0 Å². The molecule has 0 aliphatic heterocycles. The van der Waals surface area contributed by atoms with Gasteiger partial charge >= 0.3 is 11.9 Å². The summed E-state index contributed by atoms with van der Waals surface area (Å²) >= 11 is 0. The molecule has 8 nitrogen and oxygen atoms in total. The fraction of sp³-hybridized carbons (Fsp3) is 0.500. The third kappa shape index (κ3) is 2.37. The summed E-state index contributed by atoms with van der Waals surface area (Å²) in [6.07, 6.45) is -1.42. The number of carboxylic acids is 2. The molecule has 0 aliphatic carbocycles. The third-order valence-electron chi connectivity index (χ3n) is 1.24. The van der Waals surface area contributed by atoms with Gasteiger partial charge in [0.2, 0.25) is 0 Å². The minimum Gasteiger partial charge on any atom is -0.481 e. The summed E-state index contributed by atoms with van der Waals surface area (Å²) in [4.78, 5) is 17.1. The van der Waals surface area contributed by atoms with Crippen molar-refractivity contribution in [2.45, 2.75) is 11.3 Å². The van der Waals surface area contributed by atoms with E-state index in [0.717, 1.165) is 0 Å². The van der Waals surface area contributed by atoms with Crippen LogP contribution in [0.25, 0.3) is 0 Å². The number of aliphatic carboxylic acids is 2. The lowest BCUT2D eigenvalue weighted by atomic mass is 10.2. The summed E-state index contributed by atoms with van der Waals surface area (Å²) in [7, 11) is -5.16. The fourth-order valence-corrected chi connectivity index (χ4v) is 1.03. The maximum absolute atomic E-state index is 10.4. The molecule has 76 valence electrons. The summed E-state index contributed by atoms with van der Waals surface area (Å²) in [6, 6.07) is 0. The quantitative estimate of drug-likeness (QED) is 0.394. The largest absolute Gasteiger partial charge is 0.481 e. The standard InChI is InChI=1S/C4H7NO7S/c5-4(3(8)9,1-2(6)7)13(10,11)12/h1,5H2,(H,6,7)(H,8,9)(H,10,11,12). The van der Waals surface area contributed by atoms with E-state index >= 15 is 0 Å². The number of hydrogen-bond donors (Lipinski definition) is 4. The Morgan fingerprint density at radius 3 is 1.77 bits per heavy atom. The van der Waals surface area contributed by atoms with E-state index in [-0.39, 0.29) is 0 Å². The highest BCUT2D eigenvalue weighted by molar-refractivity contribution is 7.88. The van der Waals surface area contributed by atoms with Gasteiger partial charge in [-0.3, -0.25) is 9.35 Å². The molecule has 0 amide bonds. The van der Waals surface area contributed by atoms with Crippen LogP contribution in [0.4, 0.5) is 0 Å². The van der Waals surface area contributed by atoms with Crippen LogP contribution in [0.3, 0.4) is 0 Å². The fourth-order valence-electron chi connectivity index (χ4n) is 0.502. The molecule has 1 atom stereocenters. The molecule has 0 spiro atoms. The highest BCUT2D eigenvalue weighted by Crippen LogP contribution is 2.14. The molecule has 0 aromatic rings. The van der Waals surface area contributed by atoms with E-state index < -0.39 is 33.3 Å². The van der Waals surface area contributed by atoms with E-state index in [9.17, 15) is 18.0 Å². The van der Waals surface area contributed by atoms with Gasteiger partial charge in [0.05, 0.1) is 6.42 Å². The maximum Gasteiger partial charge on any atom is 0.342 e. The first kappa shape index (κ1) is 11.8. The minimum absolute atomic E-state index is 1.42. The average molecular weight is 213 g/mol. The van der Waals surface area contributed by atoms with Crippen LogP contribution in [0, 0.1) is 0 Å². The normalized spacial score (nSPS) is 16.2. The highest BCUT2D eigenvalue weighted by atomic mass is 32.2. The Bertz CT molecular complexity index is 332. The van der Waals surface area contributed by atoms with Crippen LogP contribution in [0.2, 0.25) is 0 Å². The summed E-state index contributed by atoms with van der Waals surface area (Å²) in [5, 5.41) is 16.4. The van der Waals surface area contributed by atoms with Crippen molar-refractivity contribution in [3.05, 3.63) is 0 Å². The van der Waals surface area contributed by atoms with Gasteiger partial charge in [0, 0.05) is 0 Å². The lowest BCUT2D eigenvalue weighted by molar-refractivity contribution is -0.146. The molecule has 13 heavy (non-hydrogen) atoms. The van der Waals surface area contributed by atoms with Crippen molar-refractivity contribution in [1.82, 2.24) is 0 Å². The van der Waals surface area contributed by atoms with Crippen molar-refractivity contribution < 1.29 is 32.8 Å². The minimum atomic E-state index is -5.16. The lowest BCUT2D eigenvalue weighted by Gasteiger charge is -2.18. The lowest BCUT2D eigenvalue weighted by Crippen LogP contribution is -2.55. The average Bonchev–Trinajstić information content (AvgIpc) is 1.82.